The third kappa shape index (κ3) is 3.30. The first kappa shape index (κ1) is 12.7. The van der Waals surface area contributed by atoms with Crippen LogP contribution in [-0.4, -0.2) is 32.0 Å². The number of unbranched alkanes of at least 4 members (excludes halogenated alkanes) is 1. The fourth-order valence-corrected chi connectivity index (χ4v) is 2.19. The second-order valence-corrected chi connectivity index (χ2v) is 4.21. The highest BCUT2D eigenvalue weighted by molar-refractivity contribution is 4.93. The van der Waals surface area contributed by atoms with E-state index in [9.17, 15) is 0 Å². The van der Waals surface area contributed by atoms with E-state index in [1.54, 1.807) is 7.11 Å². The second-order valence-electron chi connectivity index (χ2n) is 4.21. The molecule has 0 amide bonds. The number of hydrogen-bond acceptors (Lipinski definition) is 3. The summed E-state index contributed by atoms with van der Waals surface area (Å²) in [6.45, 7) is 5.25. The second kappa shape index (κ2) is 6.26. The Kier molecular flexibility index (Phi) is 5.29. The van der Waals surface area contributed by atoms with E-state index < -0.39 is 0 Å². The summed E-state index contributed by atoms with van der Waals surface area (Å²) in [7, 11) is 1.76. The normalized spacial score (nSPS) is 22.3. The Hall–Kier alpha value is -0.380. The molecule has 1 rings (SSSR count). The number of rotatable bonds is 6. The van der Waals surface area contributed by atoms with E-state index in [1.165, 1.54) is 0 Å². The average Bonchev–Trinajstić information content (AvgIpc) is 2.30. The van der Waals surface area contributed by atoms with Gasteiger partial charge in [-0.2, -0.15) is 0 Å². The molecular formula is C12H23NO2. The quantitative estimate of drug-likeness (QED) is 0.541. The maximum Gasteiger partial charge on any atom is 0.0872 e. The molecule has 0 radical (unpaired) electrons. The predicted molar refractivity (Wildman–Crippen MR) is 61.8 cm³/mol. The molecule has 88 valence electrons. The molecule has 0 aromatic rings. The number of hydrogen-bond donors (Lipinski definition) is 1. The van der Waals surface area contributed by atoms with Crippen molar-refractivity contribution in [3.8, 4) is 0 Å². The largest absolute Gasteiger partial charge is 0.381 e. The Balaban J connectivity index is 2.44. The molecule has 0 aromatic heterocycles. The lowest BCUT2D eigenvalue weighted by Gasteiger charge is -2.40. The highest BCUT2D eigenvalue weighted by atomic mass is 16.5. The van der Waals surface area contributed by atoms with E-state index in [-0.39, 0.29) is 11.6 Å². The van der Waals surface area contributed by atoms with Crippen LogP contribution >= 0.6 is 0 Å². The first-order valence-corrected chi connectivity index (χ1v) is 5.74. The minimum Gasteiger partial charge on any atom is -0.381 e. The van der Waals surface area contributed by atoms with Crippen molar-refractivity contribution >= 4 is 0 Å². The van der Waals surface area contributed by atoms with Gasteiger partial charge in [-0.25, -0.2) is 0 Å². The number of methoxy groups -OCH3 is 1. The molecule has 3 heteroatoms. The van der Waals surface area contributed by atoms with Crippen LogP contribution in [0, 0.1) is 0 Å². The SMILES string of the molecule is C=CCCCC(N)C1(OC)CCOCC1. The molecule has 0 spiro atoms. The fraction of sp³-hybridized carbons (Fsp3) is 0.833. The van der Waals surface area contributed by atoms with Gasteiger partial charge in [0.1, 0.15) is 0 Å². The predicted octanol–water partition coefficient (Wildman–Crippen LogP) is 1.87. The van der Waals surface area contributed by atoms with Crippen LogP contribution in [-0.2, 0) is 9.47 Å². The van der Waals surface area contributed by atoms with Gasteiger partial charge in [0.15, 0.2) is 0 Å². The summed E-state index contributed by atoms with van der Waals surface area (Å²) in [5, 5.41) is 0. The van der Waals surface area contributed by atoms with E-state index in [0.29, 0.717) is 0 Å². The van der Waals surface area contributed by atoms with E-state index in [2.05, 4.69) is 6.58 Å². The van der Waals surface area contributed by atoms with Gasteiger partial charge in [0.25, 0.3) is 0 Å². The summed E-state index contributed by atoms with van der Waals surface area (Å²) < 4.78 is 11.0. The van der Waals surface area contributed by atoms with Crippen molar-refractivity contribution in [2.24, 2.45) is 5.73 Å². The molecule has 15 heavy (non-hydrogen) atoms. The molecule has 1 atom stereocenters. The summed E-state index contributed by atoms with van der Waals surface area (Å²) in [4.78, 5) is 0. The standard InChI is InChI=1S/C12H23NO2/c1-3-4-5-6-11(13)12(14-2)7-9-15-10-8-12/h3,11H,1,4-10,13H2,2H3. The molecule has 1 heterocycles. The van der Waals surface area contributed by atoms with Gasteiger partial charge in [0, 0.05) is 39.2 Å². The van der Waals surface area contributed by atoms with Crippen LogP contribution in [0.15, 0.2) is 12.7 Å². The lowest BCUT2D eigenvalue weighted by molar-refractivity contribution is -0.105. The lowest BCUT2D eigenvalue weighted by Crippen LogP contribution is -2.52. The molecule has 0 saturated carbocycles. The maximum atomic E-state index is 6.22. The van der Waals surface area contributed by atoms with Crippen LogP contribution in [0.3, 0.4) is 0 Å². The third-order valence-electron chi connectivity index (χ3n) is 3.34. The third-order valence-corrected chi connectivity index (χ3v) is 3.34. The minimum absolute atomic E-state index is 0.117. The van der Waals surface area contributed by atoms with Crippen LogP contribution in [0.1, 0.15) is 32.1 Å². The van der Waals surface area contributed by atoms with Crippen molar-refractivity contribution in [3.05, 3.63) is 12.7 Å². The van der Waals surface area contributed by atoms with Crippen LogP contribution in [0.4, 0.5) is 0 Å². The zero-order chi connectivity index (χ0) is 11.1. The van der Waals surface area contributed by atoms with Gasteiger partial charge < -0.3 is 15.2 Å². The van der Waals surface area contributed by atoms with Crippen LogP contribution < -0.4 is 5.73 Å². The lowest BCUT2D eigenvalue weighted by atomic mass is 9.84. The van der Waals surface area contributed by atoms with Crippen molar-refractivity contribution in [3.63, 3.8) is 0 Å². The molecular weight excluding hydrogens is 190 g/mol. The first-order valence-electron chi connectivity index (χ1n) is 5.74. The Labute approximate surface area is 92.6 Å². The summed E-state index contributed by atoms with van der Waals surface area (Å²) >= 11 is 0. The van der Waals surface area contributed by atoms with Crippen molar-refractivity contribution < 1.29 is 9.47 Å². The molecule has 1 fully saturated rings. The van der Waals surface area contributed by atoms with E-state index in [1.807, 2.05) is 6.08 Å². The Bertz CT molecular complexity index is 188. The van der Waals surface area contributed by atoms with Crippen molar-refractivity contribution in [1.29, 1.82) is 0 Å². The van der Waals surface area contributed by atoms with Crippen molar-refractivity contribution in [1.82, 2.24) is 0 Å². The molecule has 1 aliphatic heterocycles. The van der Waals surface area contributed by atoms with Crippen molar-refractivity contribution in [2.75, 3.05) is 20.3 Å². The number of nitrogens with two attached hydrogens (primary N) is 1. The molecule has 0 aromatic carbocycles. The van der Waals surface area contributed by atoms with Gasteiger partial charge in [0.2, 0.25) is 0 Å². The number of ether oxygens (including phenoxy) is 2. The highest BCUT2D eigenvalue weighted by Gasteiger charge is 2.37. The smallest absolute Gasteiger partial charge is 0.0872 e. The average molecular weight is 213 g/mol. The van der Waals surface area contributed by atoms with E-state index >= 15 is 0 Å². The Morgan fingerprint density at radius 1 is 1.53 bits per heavy atom. The topological polar surface area (TPSA) is 44.5 Å². The monoisotopic (exact) mass is 213 g/mol. The molecule has 0 aliphatic carbocycles. The van der Waals surface area contributed by atoms with Gasteiger partial charge >= 0.3 is 0 Å². The van der Waals surface area contributed by atoms with Crippen LogP contribution in [0.25, 0.3) is 0 Å². The van der Waals surface area contributed by atoms with Gasteiger partial charge in [-0.15, -0.1) is 6.58 Å². The fourth-order valence-electron chi connectivity index (χ4n) is 2.19. The molecule has 2 N–H and O–H groups in total. The van der Waals surface area contributed by atoms with Gasteiger partial charge in [-0.3, -0.25) is 0 Å². The van der Waals surface area contributed by atoms with E-state index in [0.717, 1.165) is 45.3 Å². The summed E-state index contributed by atoms with van der Waals surface area (Å²) in [5.74, 6) is 0. The highest BCUT2D eigenvalue weighted by Crippen LogP contribution is 2.29. The summed E-state index contributed by atoms with van der Waals surface area (Å²) in [6.07, 6.45) is 6.90. The van der Waals surface area contributed by atoms with Crippen LogP contribution in [0.5, 0.6) is 0 Å². The zero-order valence-corrected chi connectivity index (χ0v) is 9.71. The molecule has 1 aliphatic rings. The maximum absolute atomic E-state index is 6.22. The first-order chi connectivity index (χ1) is 7.25. The summed E-state index contributed by atoms with van der Waals surface area (Å²) in [6, 6.07) is 0.117. The molecule has 0 bridgehead atoms. The van der Waals surface area contributed by atoms with Crippen LogP contribution in [0.2, 0.25) is 0 Å². The number of allylic oxidation sites excluding steroid dienone is 1. The molecule has 3 nitrogen and oxygen atoms in total. The van der Waals surface area contributed by atoms with Crippen molar-refractivity contribution in [2.45, 2.75) is 43.7 Å². The molecule has 1 saturated heterocycles. The van der Waals surface area contributed by atoms with E-state index in [4.69, 9.17) is 15.2 Å². The Morgan fingerprint density at radius 3 is 2.73 bits per heavy atom. The van der Waals surface area contributed by atoms with Gasteiger partial charge in [-0.1, -0.05) is 6.08 Å². The van der Waals surface area contributed by atoms with Gasteiger partial charge in [0.05, 0.1) is 5.60 Å². The Morgan fingerprint density at radius 2 is 2.20 bits per heavy atom. The minimum atomic E-state index is -0.153. The molecule has 1 unspecified atom stereocenters. The van der Waals surface area contributed by atoms with Gasteiger partial charge in [-0.05, 0) is 19.3 Å². The summed E-state index contributed by atoms with van der Waals surface area (Å²) in [5.41, 5.74) is 6.07. The zero-order valence-electron chi connectivity index (χ0n) is 9.71.